The van der Waals surface area contributed by atoms with Gasteiger partial charge in [0.25, 0.3) is 0 Å². The van der Waals surface area contributed by atoms with Gasteiger partial charge in [-0.1, -0.05) is 72.4 Å². The van der Waals surface area contributed by atoms with E-state index in [9.17, 15) is 0 Å². The van der Waals surface area contributed by atoms with Gasteiger partial charge in [-0.2, -0.15) is 4.98 Å². The molecular formula is C21H23N7S. The molecule has 0 fully saturated rings. The Kier molecular flexibility index (Phi) is 6.11. The summed E-state index contributed by atoms with van der Waals surface area (Å²) in [6.07, 6.45) is 2.07. The van der Waals surface area contributed by atoms with Gasteiger partial charge in [0.05, 0.1) is 11.4 Å². The van der Waals surface area contributed by atoms with Gasteiger partial charge in [0.1, 0.15) is 0 Å². The zero-order chi connectivity index (χ0) is 19.9. The fourth-order valence-corrected chi connectivity index (χ4v) is 3.86. The lowest BCUT2D eigenvalue weighted by Crippen LogP contribution is -2.03. The zero-order valence-electron chi connectivity index (χ0n) is 15.9. The average Bonchev–Trinajstić information content (AvgIpc) is 3.38. The van der Waals surface area contributed by atoms with E-state index >= 15 is 0 Å². The van der Waals surface area contributed by atoms with Gasteiger partial charge in [-0.15, -0.1) is 5.10 Å². The van der Waals surface area contributed by atoms with Crippen LogP contribution in [0.5, 0.6) is 0 Å². The second-order valence-corrected chi connectivity index (χ2v) is 7.61. The predicted octanol–water partition coefficient (Wildman–Crippen LogP) is 4.43. The van der Waals surface area contributed by atoms with E-state index in [4.69, 9.17) is 10.7 Å². The summed E-state index contributed by atoms with van der Waals surface area (Å²) in [6, 6.07) is 20.6. The molecule has 0 bridgehead atoms. The maximum atomic E-state index is 5.51. The first-order chi connectivity index (χ1) is 14.3. The van der Waals surface area contributed by atoms with Gasteiger partial charge in [0.2, 0.25) is 11.9 Å². The number of imidazole rings is 1. The number of unbranched alkanes of at least 4 members (excludes halogenated alkanes) is 1. The number of anilines is 2. The molecule has 2 heterocycles. The van der Waals surface area contributed by atoms with Crippen molar-refractivity contribution < 1.29 is 0 Å². The molecule has 4 rings (SSSR count). The quantitative estimate of drug-likeness (QED) is 0.242. The molecule has 0 unspecified atom stereocenters. The second kappa shape index (κ2) is 9.29. The number of nitrogens with two attached hydrogens (primary N) is 1. The van der Waals surface area contributed by atoms with Crippen LogP contribution in [0.25, 0.3) is 22.5 Å². The monoisotopic (exact) mass is 405 g/mol. The highest BCUT2D eigenvalue weighted by Crippen LogP contribution is 2.32. The number of nitrogens with zero attached hydrogens (tertiary/aromatic N) is 3. The van der Waals surface area contributed by atoms with Crippen molar-refractivity contribution in [2.24, 2.45) is 0 Å². The summed E-state index contributed by atoms with van der Waals surface area (Å²) in [7, 11) is 0. The topological polar surface area (TPSA) is 108 Å². The van der Waals surface area contributed by atoms with E-state index in [0.717, 1.165) is 52.8 Å². The molecule has 0 atom stereocenters. The maximum Gasteiger partial charge on any atom is 0.243 e. The van der Waals surface area contributed by atoms with E-state index in [-0.39, 0.29) is 0 Å². The number of H-pyrrole nitrogens is 2. The first-order valence-corrected chi connectivity index (χ1v) is 10.5. The Morgan fingerprint density at radius 2 is 1.62 bits per heavy atom. The lowest BCUT2D eigenvalue weighted by atomic mass is 10.1. The number of aromatic amines is 2. The summed E-state index contributed by atoms with van der Waals surface area (Å²) < 4.78 is 0. The molecule has 2 aromatic carbocycles. The Labute approximate surface area is 173 Å². The molecule has 0 saturated carbocycles. The van der Waals surface area contributed by atoms with Crippen LogP contribution >= 0.6 is 11.8 Å². The molecule has 148 valence electrons. The fraction of sp³-hybridized carbons (Fsp3) is 0.190. The lowest BCUT2D eigenvalue weighted by molar-refractivity contribution is 0.833. The van der Waals surface area contributed by atoms with Gasteiger partial charge in [0, 0.05) is 23.4 Å². The highest BCUT2D eigenvalue weighted by molar-refractivity contribution is 7.99. The minimum absolute atomic E-state index is 0.323. The third kappa shape index (κ3) is 4.97. The summed E-state index contributed by atoms with van der Waals surface area (Å²) >= 11 is 1.74. The van der Waals surface area contributed by atoms with Crippen LogP contribution in [0.1, 0.15) is 12.8 Å². The van der Waals surface area contributed by atoms with Gasteiger partial charge in [-0.05, 0) is 12.8 Å². The van der Waals surface area contributed by atoms with E-state index in [1.165, 1.54) is 0 Å². The predicted molar refractivity (Wildman–Crippen MR) is 119 cm³/mol. The van der Waals surface area contributed by atoms with E-state index in [0.29, 0.717) is 11.9 Å². The summed E-state index contributed by atoms with van der Waals surface area (Å²) in [4.78, 5) is 12.4. The van der Waals surface area contributed by atoms with Gasteiger partial charge in [0.15, 0.2) is 5.16 Å². The molecule has 2 aromatic heterocycles. The van der Waals surface area contributed by atoms with Crippen molar-refractivity contribution in [3.8, 4) is 22.5 Å². The zero-order valence-corrected chi connectivity index (χ0v) is 16.7. The molecule has 8 heteroatoms. The van der Waals surface area contributed by atoms with Crippen LogP contribution < -0.4 is 11.1 Å². The highest BCUT2D eigenvalue weighted by atomic mass is 32.2. The van der Waals surface area contributed by atoms with Crippen molar-refractivity contribution in [2.45, 2.75) is 18.0 Å². The van der Waals surface area contributed by atoms with Crippen LogP contribution in [-0.2, 0) is 0 Å². The molecule has 0 spiro atoms. The van der Waals surface area contributed by atoms with Crippen LogP contribution in [0.3, 0.4) is 0 Å². The minimum Gasteiger partial charge on any atom is -0.368 e. The van der Waals surface area contributed by atoms with Gasteiger partial charge in [-0.25, -0.2) is 10.1 Å². The van der Waals surface area contributed by atoms with Crippen LogP contribution in [0.2, 0.25) is 0 Å². The summed E-state index contributed by atoms with van der Waals surface area (Å²) in [5, 5.41) is 10.7. The lowest BCUT2D eigenvalue weighted by Gasteiger charge is -2.02. The molecule has 0 aliphatic heterocycles. The number of thioether (sulfide) groups is 1. The first kappa shape index (κ1) is 19.1. The van der Waals surface area contributed by atoms with E-state index < -0.39 is 0 Å². The van der Waals surface area contributed by atoms with Crippen molar-refractivity contribution in [1.29, 1.82) is 0 Å². The van der Waals surface area contributed by atoms with Crippen molar-refractivity contribution in [3.63, 3.8) is 0 Å². The molecular weight excluding hydrogens is 382 g/mol. The van der Waals surface area contributed by atoms with E-state index in [1.54, 1.807) is 11.8 Å². The van der Waals surface area contributed by atoms with Crippen LogP contribution in [-0.4, -0.2) is 37.4 Å². The Balaban J connectivity index is 1.37. The van der Waals surface area contributed by atoms with Crippen molar-refractivity contribution in [2.75, 3.05) is 23.3 Å². The molecule has 0 radical (unpaired) electrons. The Morgan fingerprint density at radius 1 is 0.897 bits per heavy atom. The van der Waals surface area contributed by atoms with Crippen LogP contribution in [0.4, 0.5) is 11.9 Å². The summed E-state index contributed by atoms with van der Waals surface area (Å²) in [5.74, 6) is 1.85. The van der Waals surface area contributed by atoms with Crippen LogP contribution in [0, 0.1) is 0 Å². The normalized spacial score (nSPS) is 10.9. The van der Waals surface area contributed by atoms with Crippen LogP contribution in [0.15, 0.2) is 65.8 Å². The second-order valence-electron chi connectivity index (χ2n) is 6.52. The SMILES string of the molecule is Nc1nc(NCCCCSc2nc(-c3ccccc3)c(-c3ccccc3)[nH]2)n[nH]1. The number of hydrogen-bond donors (Lipinski definition) is 4. The van der Waals surface area contributed by atoms with Gasteiger partial charge < -0.3 is 16.0 Å². The Morgan fingerprint density at radius 3 is 2.31 bits per heavy atom. The standard InChI is InChI=1S/C21H23N7S/c22-19-26-20(28-27-19)23-13-7-8-14-29-21-24-17(15-9-3-1-4-10-15)18(25-21)16-11-5-2-6-12-16/h1-6,9-12H,7-8,13-14H2,(H,24,25)(H4,22,23,26,27,28). The fourth-order valence-electron chi connectivity index (χ4n) is 2.99. The van der Waals surface area contributed by atoms with Crippen molar-refractivity contribution >= 4 is 23.7 Å². The third-order valence-electron chi connectivity index (χ3n) is 4.39. The summed E-state index contributed by atoms with van der Waals surface area (Å²) in [6.45, 7) is 0.806. The third-order valence-corrected chi connectivity index (χ3v) is 5.35. The number of benzene rings is 2. The molecule has 0 amide bonds. The van der Waals surface area contributed by atoms with E-state index in [2.05, 4.69) is 49.7 Å². The number of nitrogen functional groups attached to an aromatic ring is 1. The maximum absolute atomic E-state index is 5.51. The largest absolute Gasteiger partial charge is 0.368 e. The number of nitrogens with one attached hydrogen (secondary N) is 3. The van der Waals surface area contributed by atoms with Gasteiger partial charge >= 0.3 is 0 Å². The average molecular weight is 406 g/mol. The summed E-state index contributed by atoms with van der Waals surface area (Å²) in [5.41, 5.74) is 9.81. The molecule has 29 heavy (non-hydrogen) atoms. The molecule has 5 N–H and O–H groups in total. The highest BCUT2D eigenvalue weighted by Gasteiger charge is 2.14. The van der Waals surface area contributed by atoms with Crippen molar-refractivity contribution in [3.05, 3.63) is 60.7 Å². The number of rotatable bonds is 9. The number of aromatic nitrogens is 5. The van der Waals surface area contributed by atoms with Crippen molar-refractivity contribution in [1.82, 2.24) is 25.1 Å². The molecule has 7 nitrogen and oxygen atoms in total. The number of hydrogen-bond acceptors (Lipinski definition) is 6. The Hall–Kier alpha value is -3.26. The first-order valence-electron chi connectivity index (χ1n) is 9.55. The molecule has 4 aromatic rings. The van der Waals surface area contributed by atoms with Gasteiger partial charge in [-0.3, -0.25) is 0 Å². The smallest absolute Gasteiger partial charge is 0.243 e. The molecule has 0 aliphatic rings. The molecule has 0 saturated heterocycles. The molecule has 0 aliphatic carbocycles. The van der Waals surface area contributed by atoms with E-state index in [1.807, 2.05) is 36.4 Å². The minimum atomic E-state index is 0.323. The Bertz CT molecular complexity index is 971.